The van der Waals surface area contributed by atoms with Gasteiger partial charge in [0.1, 0.15) is 6.61 Å². The van der Waals surface area contributed by atoms with Crippen molar-refractivity contribution in [2.45, 2.75) is 37.8 Å². The van der Waals surface area contributed by atoms with Gasteiger partial charge >= 0.3 is 12.1 Å². The van der Waals surface area contributed by atoms with E-state index in [-0.39, 0.29) is 31.4 Å². The van der Waals surface area contributed by atoms with Crippen molar-refractivity contribution < 1.29 is 29.0 Å². The third-order valence-electron chi connectivity index (χ3n) is 7.15. The first-order valence-corrected chi connectivity index (χ1v) is 11.5. The summed E-state index contributed by atoms with van der Waals surface area (Å²) in [6, 6.07) is 15.7. The molecule has 0 radical (unpaired) electrons. The summed E-state index contributed by atoms with van der Waals surface area (Å²) in [7, 11) is 1.34. The molecule has 8 nitrogen and oxygen atoms in total. The molecule has 2 N–H and O–H groups in total. The molecule has 0 aromatic heterocycles. The fraction of sp³-hybridized carbons (Fsp3) is 0.423. The number of nitrogens with zero attached hydrogens (tertiary/aromatic N) is 1. The van der Waals surface area contributed by atoms with Crippen LogP contribution in [0.4, 0.5) is 4.79 Å². The highest BCUT2D eigenvalue weighted by atomic mass is 16.5. The molecule has 4 rings (SSSR count). The molecule has 2 aromatic rings. The highest BCUT2D eigenvalue weighted by Gasteiger charge is 2.47. The Labute approximate surface area is 198 Å². The van der Waals surface area contributed by atoms with Crippen LogP contribution in [-0.4, -0.2) is 66.4 Å². The molecule has 2 aromatic carbocycles. The van der Waals surface area contributed by atoms with Crippen LogP contribution in [-0.2, 0) is 19.1 Å². The van der Waals surface area contributed by atoms with E-state index in [2.05, 4.69) is 29.6 Å². The van der Waals surface area contributed by atoms with E-state index in [4.69, 9.17) is 9.47 Å². The standard InChI is InChI=1S/C26H30N2O6/c1-16(23(29)28-13-12-26(15-28,33-3)24(30)31)17(2)27-25(32)34-14-22-20-10-6-4-8-18(20)19-9-5-7-11-21(19)22/h4-11,16-17,22H,12-15H2,1-3H3,(H,27,32)(H,30,31). The van der Waals surface area contributed by atoms with E-state index in [1.54, 1.807) is 13.8 Å². The number of methoxy groups -OCH3 is 1. The fourth-order valence-corrected chi connectivity index (χ4v) is 4.85. The number of carboxylic acid groups (broad SMARTS) is 1. The maximum atomic E-state index is 12.9. The maximum absolute atomic E-state index is 12.9. The van der Waals surface area contributed by atoms with Gasteiger partial charge in [-0.15, -0.1) is 0 Å². The smallest absolute Gasteiger partial charge is 0.407 e. The number of carboxylic acids is 1. The van der Waals surface area contributed by atoms with Gasteiger partial charge in [-0.2, -0.15) is 0 Å². The monoisotopic (exact) mass is 466 g/mol. The fourth-order valence-electron chi connectivity index (χ4n) is 4.85. The van der Waals surface area contributed by atoms with Crippen LogP contribution >= 0.6 is 0 Å². The van der Waals surface area contributed by atoms with Gasteiger partial charge in [-0.3, -0.25) is 4.79 Å². The van der Waals surface area contributed by atoms with Crippen LogP contribution in [0.1, 0.15) is 37.3 Å². The Morgan fingerprint density at radius 3 is 2.21 bits per heavy atom. The van der Waals surface area contributed by atoms with Gasteiger partial charge in [0, 0.05) is 32.0 Å². The van der Waals surface area contributed by atoms with Crippen LogP contribution in [0.25, 0.3) is 11.1 Å². The highest BCUT2D eigenvalue weighted by Crippen LogP contribution is 2.44. The lowest BCUT2D eigenvalue weighted by molar-refractivity contribution is -0.161. The maximum Gasteiger partial charge on any atom is 0.407 e. The van der Waals surface area contributed by atoms with E-state index in [1.807, 2.05) is 24.3 Å². The quantitative estimate of drug-likeness (QED) is 0.649. The van der Waals surface area contributed by atoms with Crippen molar-refractivity contribution >= 4 is 18.0 Å². The zero-order valence-electron chi connectivity index (χ0n) is 19.6. The van der Waals surface area contributed by atoms with Crippen molar-refractivity contribution in [1.82, 2.24) is 10.2 Å². The number of hydrogen-bond donors (Lipinski definition) is 2. The number of ether oxygens (including phenoxy) is 2. The molecule has 2 aliphatic rings. The second-order valence-electron chi connectivity index (χ2n) is 9.06. The number of nitrogens with one attached hydrogen (secondary N) is 1. The summed E-state index contributed by atoms with van der Waals surface area (Å²) < 4.78 is 10.8. The molecule has 2 amide bonds. The molecule has 3 unspecified atom stereocenters. The number of amides is 2. The zero-order chi connectivity index (χ0) is 24.5. The van der Waals surface area contributed by atoms with E-state index >= 15 is 0 Å². The van der Waals surface area contributed by atoms with E-state index in [0.717, 1.165) is 22.3 Å². The Morgan fingerprint density at radius 1 is 1.09 bits per heavy atom. The summed E-state index contributed by atoms with van der Waals surface area (Å²) in [5.74, 6) is -1.91. The summed E-state index contributed by atoms with van der Waals surface area (Å²) in [4.78, 5) is 38.5. The van der Waals surface area contributed by atoms with Gasteiger partial charge in [0.15, 0.2) is 5.60 Å². The van der Waals surface area contributed by atoms with Crippen molar-refractivity contribution in [2.24, 2.45) is 5.92 Å². The minimum atomic E-state index is -1.38. The van der Waals surface area contributed by atoms with Crippen LogP contribution in [0.15, 0.2) is 48.5 Å². The molecule has 34 heavy (non-hydrogen) atoms. The molecule has 1 saturated heterocycles. The minimum absolute atomic E-state index is 0.0142. The Morgan fingerprint density at radius 2 is 1.68 bits per heavy atom. The van der Waals surface area contributed by atoms with Gasteiger partial charge in [0.25, 0.3) is 0 Å². The SMILES string of the molecule is COC1(C(=O)O)CCN(C(=O)C(C)C(C)NC(=O)OCC2c3ccccc3-c3ccccc32)C1. The summed E-state index contributed by atoms with van der Waals surface area (Å²) >= 11 is 0. The van der Waals surface area contributed by atoms with Crippen molar-refractivity contribution in [2.75, 3.05) is 26.8 Å². The first kappa shape index (κ1) is 23.8. The molecular weight excluding hydrogens is 436 g/mol. The third kappa shape index (κ3) is 4.25. The topological polar surface area (TPSA) is 105 Å². The van der Waals surface area contributed by atoms with Gasteiger partial charge in [-0.25, -0.2) is 9.59 Å². The number of hydrogen-bond acceptors (Lipinski definition) is 5. The van der Waals surface area contributed by atoms with Crippen molar-refractivity contribution in [3.63, 3.8) is 0 Å². The van der Waals surface area contributed by atoms with Gasteiger partial charge in [-0.05, 0) is 29.2 Å². The van der Waals surface area contributed by atoms with Crippen LogP contribution in [0.2, 0.25) is 0 Å². The second kappa shape index (κ2) is 9.46. The largest absolute Gasteiger partial charge is 0.479 e. The van der Waals surface area contributed by atoms with Gasteiger partial charge in [0.05, 0.1) is 12.5 Å². The van der Waals surface area contributed by atoms with Crippen molar-refractivity contribution in [3.05, 3.63) is 59.7 Å². The molecule has 8 heteroatoms. The molecule has 0 bridgehead atoms. The Kier molecular flexibility index (Phi) is 6.61. The molecule has 1 heterocycles. The lowest BCUT2D eigenvalue weighted by Gasteiger charge is -2.27. The first-order valence-electron chi connectivity index (χ1n) is 11.5. The van der Waals surface area contributed by atoms with Crippen LogP contribution in [0, 0.1) is 5.92 Å². The number of alkyl carbamates (subject to hydrolysis) is 1. The normalized spacial score (nSPS) is 20.9. The van der Waals surface area contributed by atoms with E-state index < -0.39 is 29.6 Å². The summed E-state index contributed by atoms with van der Waals surface area (Å²) in [5.41, 5.74) is 3.18. The molecule has 3 atom stereocenters. The van der Waals surface area contributed by atoms with Crippen LogP contribution in [0.3, 0.4) is 0 Å². The lowest BCUT2D eigenvalue weighted by atomic mass is 9.98. The molecular formula is C26H30N2O6. The molecule has 1 fully saturated rings. The lowest BCUT2D eigenvalue weighted by Crippen LogP contribution is -2.48. The summed E-state index contributed by atoms with van der Waals surface area (Å²) in [6.07, 6.45) is -0.363. The Bertz CT molecular complexity index is 1060. The number of benzene rings is 2. The predicted octanol–water partition coefficient (Wildman–Crippen LogP) is 3.25. The number of rotatable bonds is 7. The van der Waals surface area contributed by atoms with Gasteiger partial charge in [0.2, 0.25) is 5.91 Å². The van der Waals surface area contributed by atoms with Gasteiger partial charge < -0.3 is 24.8 Å². The Hall–Kier alpha value is -3.39. The minimum Gasteiger partial charge on any atom is -0.479 e. The summed E-state index contributed by atoms with van der Waals surface area (Å²) in [5, 5.41) is 12.2. The number of aliphatic carboxylic acids is 1. The number of carbonyl (C=O) groups is 3. The number of carbonyl (C=O) groups excluding carboxylic acids is 2. The average Bonchev–Trinajstić information content (AvgIpc) is 3.42. The van der Waals surface area contributed by atoms with Crippen LogP contribution < -0.4 is 5.32 Å². The first-order chi connectivity index (χ1) is 16.3. The molecule has 0 spiro atoms. The van der Waals surface area contributed by atoms with E-state index in [9.17, 15) is 19.5 Å². The number of fused-ring (bicyclic) bond motifs is 3. The van der Waals surface area contributed by atoms with Crippen LogP contribution in [0.5, 0.6) is 0 Å². The van der Waals surface area contributed by atoms with Crippen molar-refractivity contribution in [1.29, 1.82) is 0 Å². The molecule has 0 saturated carbocycles. The zero-order valence-corrected chi connectivity index (χ0v) is 19.6. The summed E-state index contributed by atoms with van der Waals surface area (Å²) in [6.45, 7) is 3.92. The predicted molar refractivity (Wildman–Crippen MR) is 125 cm³/mol. The van der Waals surface area contributed by atoms with Crippen molar-refractivity contribution in [3.8, 4) is 11.1 Å². The van der Waals surface area contributed by atoms with Gasteiger partial charge in [-0.1, -0.05) is 55.5 Å². The second-order valence-corrected chi connectivity index (χ2v) is 9.06. The van der Waals surface area contributed by atoms with E-state index in [0.29, 0.717) is 6.54 Å². The number of likely N-dealkylation sites (tertiary alicyclic amines) is 1. The molecule has 180 valence electrons. The highest BCUT2D eigenvalue weighted by molar-refractivity contribution is 5.84. The third-order valence-corrected chi connectivity index (χ3v) is 7.15. The van der Waals surface area contributed by atoms with E-state index in [1.165, 1.54) is 12.0 Å². The molecule has 1 aliphatic carbocycles. The molecule has 1 aliphatic heterocycles. The average molecular weight is 467 g/mol. The Balaban J connectivity index is 1.34.